The molecule has 0 spiro atoms. The van der Waals surface area contributed by atoms with Crippen LogP contribution in [0.4, 0.5) is 0 Å². The van der Waals surface area contributed by atoms with Crippen LogP contribution in [0, 0.1) is 12.8 Å². The molecule has 2 aromatic rings. The van der Waals surface area contributed by atoms with Gasteiger partial charge in [-0.3, -0.25) is 9.88 Å². The minimum absolute atomic E-state index is 0.854. The van der Waals surface area contributed by atoms with E-state index in [0.29, 0.717) is 0 Å². The number of aryl methyl sites for hydroxylation is 1. The van der Waals surface area contributed by atoms with Gasteiger partial charge in [0.25, 0.3) is 0 Å². The molecule has 3 heteroatoms. The fourth-order valence-electron chi connectivity index (χ4n) is 3.45. The summed E-state index contributed by atoms with van der Waals surface area (Å²) in [6.07, 6.45) is 4.02. The van der Waals surface area contributed by atoms with Crippen LogP contribution in [0.5, 0.6) is 0 Å². The molecule has 1 fully saturated rings. The van der Waals surface area contributed by atoms with Gasteiger partial charge >= 0.3 is 0 Å². The number of likely N-dealkylation sites (tertiary alicyclic amines) is 1. The van der Waals surface area contributed by atoms with Crippen LogP contribution in [0.1, 0.15) is 30.5 Å². The molecule has 1 aromatic carbocycles. The number of para-hydroxylation sites is 1. The van der Waals surface area contributed by atoms with Gasteiger partial charge in [0, 0.05) is 29.5 Å². The minimum atomic E-state index is 0.854. The third-order valence-corrected chi connectivity index (χ3v) is 4.90. The van der Waals surface area contributed by atoms with Crippen molar-refractivity contribution >= 4 is 26.8 Å². The lowest BCUT2D eigenvalue weighted by atomic mass is 9.95. The SMILES string of the molecule is Cc1cc(CN2CCCC(CCBr)C2)c2ccccc2n1. The third kappa shape index (κ3) is 3.64. The predicted molar refractivity (Wildman–Crippen MR) is 92.9 cm³/mol. The quantitative estimate of drug-likeness (QED) is 0.755. The number of hydrogen-bond acceptors (Lipinski definition) is 2. The van der Waals surface area contributed by atoms with E-state index in [-0.39, 0.29) is 0 Å². The van der Waals surface area contributed by atoms with E-state index in [2.05, 4.69) is 63.1 Å². The number of benzene rings is 1. The first-order valence-corrected chi connectivity index (χ1v) is 9.02. The van der Waals surface area contributed by atoms with Crippen molar-refractivity contribution in [2.45, 2.75) is 32.7 Å². The van der Waals surface area contributed by atoms with Crippen molar-refractivity contribution in [1.29, 1.82) is 0 Å². The maximum atomic E-state index is 4.65. The molecular formula is C18H23BrN2. The van der Waals surface area contributed by atoms with Crippen LogP contribution in [0.15, 0.2) is 30.3 Å². The molecule has 0 radical (unpaired) electrons. The van der Waals surface area contributed by atoms with E-state index in [1.54, 1.807) is 0 Å². The number of alkyl halides is 1. The van der Waals surface area contributed by atoms with Gasteiger partial charge in [-0.2, -0.15) is 0 Å². The van der Waals surface area contributed by atoms with E-state index in [9.17, 15) is 0 Å². The summed E-state index contributed by atoms with van der Waals surface area (Å²) in [6, 6.07) is 10.8. The third-order valence-electron chi connectivity index (χ3n) is 4.44. The highest BCUT2D eigenvalue weighted by Gasteiger charge is 2.20. The molecule has 1 saturated heterocycles. The fraction of sp³-hybridized carbons (Fsp3) is 0.500. The zero-order valence-electron chi connectivity index (χ0n) is 12.7. The number of fused-ring (bicyclic) bond motifs is 1. The average molecular weight is 347 g/mol. The predicted octanol–water partition coefficient (Wildman–Crippen LogP) is 4.54. The van der Waals surface area contributed by atoms with Crippen LogP contribution in [0.3, 0.4) is 0 Å². The Morgan fingerprint density at radius 3 is 3.05 bits per heavy atom. The van der Waals surface area contributed by atoms with E-state index in [1.807, 2.05) is 0 Å². The molecule has 0 amide bonds. The maximum Gasteiger partial charge on any atom is 0.0708 e. The lowest BCUT2D eigenvalue weighted by molar-refractivity contribution is 0.166. The fourth-order valence-corrected chi connectivity index (χ4v) is 4.10. The molecule has 1 unspecified atom stereocenters. The van der Waals surface area contributed by atoms with E-state index < -0.39 is 0 Å². The Kier molecular flexibility index (Phi) is 4.91. The zero-order valence-corrected chi connectivity index (χ0v) is 14.3. The molecule has 1 aliphatic rings. The molecule has 1 atom stereocenters. The van der Waals surface area contributed by atoms with Gasteiger partial charge in [-0.1, -0.05) is 34.1 Å². The van der Waals surface area contributed by atoms with Gasteiger partial charge in [0.15, 0.2) is 0 Å². The molecule has 0 saturated carbocycles. The molecule has 1 aliphatic heterocycles. The van der Waals surface area contributed by atoms with E-state index in [1.165, 1.54) is 43.3 Å². The first-order valence-electron chi connectivity index (χ1n) is 7.90. The molecular weight excluding hydrogens is 324 g/mol. The molecule has 112 valence electrons. The Hall–Kier alpha value is -0.930. The van der Waals surface area contributed by atoms with Crippen molar-refractivity contribution in [2.75, 3.05) is 18.4 Å². The maximum absolute atomic E-state index is 4.65. The summed E-state index contributed by atoms with van der Waals surface area (Å²) in [7, 11) is 0. The number of piperidine rings is 1. The summed E-state index contributed by atoms with van der Waals surface area (Å²) in [5.41, 5.74) is 3.68. The standard InChI is InChI=1S/C18H23BrN2/c1-14-11-16(17-6-2-3-7-18(17)20-14)13-21-10-4-5-15(12-21)8-9-19/h2-3,6-7,11,15H,4-5,8-10,12-13H2,1H3. The molecule has 1 aromatic heterocycles. The second-order valence-corrected chi connectivity index (χ2v) is 6.95. The molecule has 0 bridgehead atoms. The van der Waals surface area contributed by atoms with Gasteiger partial charge in [0.1, 0.15) is 0 Å². The molecule has 0 aliphatic carbocycles. The average Bonchev–Trinajstić information content (AvgIpc) is 2.48. The van der Waals surface area contributed by atoms with Crippen molar-refractivity contribution < 1.29 is 0 Å². The lowest BCUT2D eigenvalue weighted by Gasteiger charge is -2.32. The van der Waals surface area contributed by atoms with Gasteiger partial charge in [0.05, 0.1) is 5.52 Å². The summed E-state index contributed by atoms with van der Waals surface area (Å²) in [4.78, 5) is 7.27. The second-order valence-electron chi connectivity index (χ2n) is 6.16. The van der Waals surface area contributed by atoms with E-state index in [4.69, 9.17) is 0 Å². The zero-order chi connectivity index (χ0) is 14.7. The van der Waals surface area contributed by atoms with Crippen molar-refractivity contribution in [2.24, 2.45) is 5.92 Å². The summed E-state index contributed by atoms with van der Waals surface area (Å²) >= 11 is 3.59. The molecule has 21 heavy (non-hydrogen) atoms. The van der Waals surface area contributed by atoms with Crippen molar-refractivity contribution in [3.05, 3.63) is 41.6 Å². The van der Waals surface area contributed by atoms with Crippen LogP contribution in [0.25, 0.3) is 10.9 Å². The highest BCUT2D eigenvalue weighted by Crippen LogP contribution is 2.24. The van der Waals surface area contributed by atoms with E-state index in [0.717, 1.165) is 29.0 Å². The van der Waals surface area contributed by atoms with Crippen LogP contribution in [-0.4, -0.2) is 28.3 Å². The summed E-state index contributed by atoms with van der Waals surface area (Å²) in [5, 5.41) is 2.44. The van der Waals surface area contributed by atoms with Crippen LogP contribution >= 0.6 is 15.9 Å². The lowest BCUT2D eigenvalue weighted by Crippen LogP contribution is -2.35. The van der Waals surface area contributed by atoms with Crippen molar-refractivity contribution in [3.8, 4) is 0 Å². The highest BCUT2D eigenvalue weighted by molar-refractivity contribution is 9.09. The number of halogens is 1. The Balaban J connectivity index is 1.81. The topological polar surface area (TPSA) is 16.1 Å². The number of rotatable bonds is 4. The van der Waals surface area contributed by atoms with Gasteiger partial charge < -0.3 is 0 Å². The minimum Gasteiger partial charge on any atom is -0.299 e. The van der Waals surface area contributed by atoms with E-state index >= 15 is 0 Å². The number of hydrogen-bond donors (Lipinski definition) is 0. The molecule has 3 rings (SSSR count). The first-order chi connectivity index (χ1) is 10.3. The Morgan fingerprint density at radius 1 is 1.33 bits per heavy atom. The Bertz CT molecular complexity index is 609. The summed E-state index contributed by atoms with van der Waals surface area (Å²) in [5.74, 6) is 0.854. The monoisotopic (exact) mass is 346 g/mol. The van der Waals surface area contributed by atoms with Gasteiger partial charge in [-0.25, -0.2) is 0 Å². The normalized spacial score (nSPS) is 20.0. The van der Waals surface area contributed by atoms with Crippen LogP contribution < -0.4 is 0 Å². The Morgan fingerprint density at radius 2 is 2.19 bits per heavy atom. The molecule has 0 N–H and O–H groups in total. The Labute approximate surface area is 135 Å². The summed E-state index contributed by atoms with van der Waals surface area (Å²) < 4.78 is 0. The number of aromatic nitrogens is 1. The van der Waals surface area contributed by atoms with Crippen molar-refractivity contribution in [3.63, 3.8) is 0 Å². The molecule has 2 nitrogen and oxygen atoms in total. The number of pyridine rings is 1. The summed E-state index contributed by atoms with van der Waals surface area (Å²) in [6.45, 7) is 5.62. The number of nitrogens with zero attached hydrogens (tertiary/aromatic N) is 2. The highest BCUT2D eigenvalue weighted by atomic mass is 79.9. The van der Waals surface area contributed by atoms with Crippen molar-refractivity contribution in [1.82, 2.24) is 9.88 Å². The van der Waals surface area contributed by atoms with Gasteiger partial charge in [-0.05, 0) is 56.3 Å². The second kappa shape index (κ2) is 6.89. The molecule has 2 heterocycles. The van der Waals surface area contributed by atoms with Gasteiger partial charge in [-0.15, -0.1) is 0 Å². The van der Waals surface area contributed by atoms with Gasteiger partial charge in [0.2, 0.25) is 0 Å². The largest absolute Gasteiger partial charge is 0.299 e. The smallest absolute Gasteiger partial charge is 0.0708 e. The van der Waals surface area contributed by atoms with Crippen LogP contribution in [-0.2, 0) is 6.54 Å². The first kappa shape index (κ1) is 15.0. The van der Waals surface area contributed by atoms with Crippen LogP contribution in [0.2, 0.25) is 0 Å².